The van der Waals surface area contributed by atoms with Gasteiger partial charge in [0.25, 0.3) is 0 Å². The molecule has 0 spiro atoms. The molecule has 1 saturated heterocycles. The van der Waals surface area contributed by atoms with Crippen LogP contribution in [0.5, 0.6) is 5.88 Å². The predicted octanol–water partition coefficient (Wildman–Crippen LogP) is 1.50. The van der Waals surface area contributed by atoms with Gasteiger partial charge in [-0.25, -0.2) is 4.98 Å². The van der Waals surface area contributed by atoms with Gasteiger partial charge in [0.15, 0.2) is 5.96 Å². The summed E-state index contributed by atoms with van der Waals surface area (Å²) >= 11 is 5.81. The Bertz CT molecular complexity index is 733. The van der Waals surface area contributed by atoms with Crippen molar-refractivity contribution in [1.82, 2.24) is 25.0 Å². The van der Waals surface area contributed by atoms with E-state index in [-0.39, 0.29) is 6.10 Å². The van der Waals surface area contributed by atoms with E-state index in [2.05, 4.69) is 25.3 Å². The zero-order valence-corrected chi connectivity index (χ0v) is 15.7. The maximum atomic E-state index is 5.87. The van der Waals surface area contributed by atoms with Crippen molar-refractivity contribution in [2.24, 2.45) is 12.0 Å². The zero-order chi connectivity index (χ0) is 18.4. The lowest BCUT2D eigenvalue weighted by molar-refractivity contribution is -0.00805. The molecule has 140 valence electrons. The maximum absolute atomic E-state index is 5.87. The first kappa shape index (κ1) is 18.5. The second-order valence-corrected chi connectivity index (χ2v) is 6.33. The number of pyridine rings is 1. The van der Waals surface area contributed by atoms with E-state index in [0.29, 0.717) is 30.7 Å². The average Bonchev–Trinajstić information content (AvgIpc) is 3.10. The van der Waals surface area contributed by atoms with E-state index in [9.17, 15) is 0 Å². The van der Waals surface area contributed by atoms with Gasteiger partial charge in [-0.1, -0.05) is 11.6 Å². The third-order valence-electron chi connectivity index (χ3n) is 4.01. The van der Waals surface area contributed by atoms with Crippen LogP contribution >= 0.6 is 11.6 Å². The van der Waals surface area contributed by atoms with Crippen LogP contribution in [0.3, 0.4) is 0 Å². The number of halogens is 1. The number of morpholine rings is 1. The molecular formula is C17H23ClN6O2. The third-order valence-corrected chi connectivity index (χ3v) is 4.23. The van der Waals surface area contributed by atoms with Gasteiger partial charge >= 0.3 is 0 Å². The van der Waals surface area contributed by atoms with Crippen molar-refractivity contribution >= 4 is 17.6 Å². The van der Waals surface area contributed by atoms with E-state index in [1.807, 2.05) is 19.4 Å². The molecule has 0 aromatic carbocycles. The predicted molar refractivity (Wildman–Crippen MR) is 99.6 cm³/mol. The molecule has 3 rings (SSSR count). The summed E-state index contributed by atoms with van der Waals surface area (Å²) in [7, 11) is 3.68. The van der Waals surface area contributed by atoms with Crippen molar-refractivity contribution in [1.29, 1.82) is 0 Å². The first-order chi connectivity index (χ1) is 12.7. The lowest BCUT2D eigenvalue weighted by atomic mass is 10.1. The average molecular weight is 379 g/mol. The molecular weight excluding hydrogens is 356 g/mol. The first-order valence-corrected chi connectivity index (χ1v) is 8.83. The Kier molecular flexibility index (Phi) is 6.30. The van der Waals surface area contributed by atoms with E-state index in [0.717, 1.165) is 24.6 Å². The molecule has 2 aromatic rings. The minimum atomic E-state index is -0.00878. The summed E-state index contributed by atoms with van der Waals surface area (Å²) in [6.07, 6.45) is 5.38. The molecule has 0 bridgehead atoms. The smallest absolute Gasteiger partial charge is 0.213 e. The van der Waals surface area contributed by atoms with E-state index >= 15 is 0 Å². The van der Waals surface area contributed by atoms with Crippen LogP contribution in [-0.4, -0.2) is 65.5 Å². The number of aromatic nitrogens is 3. The highest BCUT2D eigenvalue weighted by atomic mass is 35.5. The largest absolute Gasteiger partial charge is 0.476 e. The van der Waals surface area contributed by atoms with Crippen LogP contribution in [-0.2, 0) is 11.8 Å². The second-order valence-electron chi connectivity index (χ2n) is 5.89. The van der Waals surface area contributed by atoms with Gasteiger partial charge in [0.05, 0.1) is 30.9 Å². The summed E-state index contributed by atoms with van der Waals surface area (Å²) in [4.78, 5) is 10.7. The maximum Gasteiger partial charge on any atom is 0.213 e. The molecule has 0 amide bonds. The molecule has 26 heavy (non-hydrogen) atoms. The quantitative estimate of drug-likeness (QED) is 0.482. The van der Waals surface area contributed by atoms with Crippen molar-refractivity contribution < 1.29 is 9.47 Å². The number of hydrogen-bond donors (Lipinski definition) is 1. The normalized spacial score (nSPS) is 18.0. The van der Waals surface area contributed by atoms with Gasteiger partial charge in [0.2, 0.25) is 5.88 Å². The van der Waals surface area contributed by atoms with Gasteiger partial charge in [0, 0.05) is 44.7 Å². The monoisotopic (exact) mass is 378 g/mol. The number of nitrogens with zero attached hydrogens (tertiary/aromatic N) is 5. The van der Waals surface area contributed by atoms with Gasteiger partial charge in [0.1, 0.15) is 12.7 Å². The number of nitrogens with one attached hydrogen (secondary N) is 1. The molecule has 0 aliphatic carbocycles. The van der Waals surface area contributed by atoms with E-state index < -0.39 is 0 Å². The lowest BCUT2D eigenvalue weighted by Gasteiger charge is -2.34. The Hall–Kier alpha value is -2.32. The first-order valence-electron chi connectivity index (χ1n) is 8.46. The molecule has 1 fully saturated rings. The Balaban J connectivity index is 1.48. The van der Waals surface area contributed by atoms with Gasteiger partial charge in [-0.05, 0) is 6.07 Å². The van der Waals surface area contributed by atoms with Crippen molar-refractivity contribution in [2.75, 3.05) is 39.9 Å². The van der Waals surface area contributed by atoms with Crippen LogP contribution in [0.15, 0.2) is 35.7 Å². The Morgan fingerprint density at radius 2 is 2.35 bits per heavy atom. The highest BCUT2D eigenvalue weighted by Crippen LogP contribution is 2.21. The Morgan fingerprint density at radius 3 is 3.04 bits per heavy atom. The third kappa shape index (κ3) is 4.86. The standard InChI is InChI=1S/C17H23ClN6O2/c1-19-17(20-5-7-26-16-4-3-14(18)10-21-16)24-6-8-25-15(12-24)13-9-22-23(2)11-13/h3-4,9-11,15H,5-8,12H2,1-2H3,(H,19,20). The van der Waals surface area contributed by atoms with Gasteiger partial charge in [-0.3, -0.25) is 9.67 Å². The van der Waals surface area contributed by atoms with Crippen LogP contribution in [0, 0.1) is 0 Å². The van der Waals surface area contributed by atoms with E-state index in [4.69, 9.17) is 21.1 Å². The Morgan fingerprint density at radius 1 is 1.46 bits per heavy atom. The molecule has 1 aliphatic rings. The molecule has 1 unspecified atom stereocenters. The number of rotatable bonds is 5. The number of ether oxygens (including phenoxy) is 2. The molecule has 1 aliphatic heterocycles. The van der Waals surface area contributed by atoms with Crippen LogP contribution < -0.4 is 10.1 Å². The summed E-state index contributed by atoms with van der Waals surface area (Å²) in [5.41, 5.74) is 1.07. The molecule has 9 heteroatoms. The van der Waals surface area contributed by atoms with E-state index in [1.54, 1.807) is 30.1 Å². The second kappa shape index (κ2) is 8.86. The highest BCUT2D eigenvalue weighted by Gasteiger charge is 2.25. The van der Waals surface area contributed by atoms with E-state index in [1.165, 1.54) is 0 Å². The van der Waals surface area contributed by atoms with Crippen LogP contribution in [0.25, 0.3) is 0 Å². The molecule has 2 aromatic heterocycles. The van der Waals surface area contributed by atoms with Crippen molar-refractivity contribution in [3.8, 4) is 5.88 Å². The minimum Gasteiger partial charge on any atom is -0.476 e. The number of hydrogen-bond acceptors (Lipinski definition) is 5. The summed E-state index contributed by atoms with van der Waals surface area (Å²) in [6, 6.07) is 3.50. The fraction of sp³-hybridized carbons (Fsp3) is 0.471. The molecule has 0 radical (unpaired) electrons. The molecule has 1 N–H and O–H groups in total. The SMILES string of the molecule is CN=C(NCCOc1ccc(Cl)cn1)N1CCOC(c2cnn(C)c2)C1. The molecule has 0 saturated carbocycles. The Labute approximate surface area is 157 Å². The molecule has 3 heterocycles. The van der Waals surface area contributed by atoms with Gasteiger partial charge in [-0.15, -0.1) is 0 Å². The van der Waals surface area contributed by atoms with Gasteiger partial charge < -0.3 is 19.7 Å². The zero-order valence-electron chi connectivity index (χ0n) is 14.9. The van der Waals surface area contributed by atoms with Crippen LogP contribution in [0.1, 0.15) is 11.7 Å². The summed E-state index contributed by atoms with van der Waals surface area (Å²) in [5.74, 6) is 1.38. The van der Waals surface area contributed by atoms with Crippen molar-refractivity contribution in [3.05, 3.63) is 41.3 Å². The number of guanidine groups is 1. The van der Waals surface area contributed by atoms with Crippen molar-refractivity contribution in [3.63, 3.8) is 0 Å². The summed E-state index contributed by atoms with van der Waals surface area (Å²) in [6.45, 7) is 3.25. The van der Waals surface area contributed by atoms with Gasteiger partial charge in [-0.2, -0.15) is 5.10 Å². The summed E-state index contributed by atoms with van der Waals surface area (Å²) < 4.78 is 13.3. The summed E-state index contributed by atoms with van der Waals surface area (Å²) in [5, 5.41) is 8.13. The lowest BCUT2D eigenvalue weighted by Crippen LogP contribution is -2.48. The van der Waals surface area contributed by atoms with Crippen LogP contribution in [0.4, 0.5) is 0 Å². The molecule has 1 atom stereocenters. The fourth-order valence-corrected chi connectivity index (χ4v) is 2.86. The molecule has 8 nitrogen and oxygen atoms in total. The fourth-order valence-electron chi connectivity index (χ4n) is 2.75. The van der Waals surface area contributed by atoms with Crippen molar-refractivity contribution in [2.45, 2.75) is 6.10 Å². The highest BCUT2D eigenvalue weighted by molar-refractivity contribution is 6.30. The van der Waals surface area contributed by atoms with Crippen LogP contribution in [0.2, 0.25) is 5.02 Å². The number of aliphatic imine (C=N–C) groups is 1. The topological polar surface area (TPSA) is 76.8 Å². The minimum absolute atomic E-state index is 0.00878. The number of aryl methyl sites for hydroxylation is 1.